The zero-order valence-electron chi connectivity index (χ0n) is 12.5. The molecule has 22 heavy (non-hydrogen) atoms. The fourth-order valence-electron chi connectivity index (χ4n) is 3.10. The maximum Gasteiger partial charge on any atom is 0.232 e. The highest BCUT2D eigenvalue weighted by Crippen LogP contribution is 2.38. The first-order valence-corrected chi connectivity index (χ1v) is 7.83. The molecular weight excluding hydrogens is 296 g/mol. The van der Waals surface area contributed by atoms with Gasteiger partial charge in [-0.25, -0.2) is 0 Å². The van der Waals surface area contributed by atoms with E-state index in [0.717, 1.165) is 17.7 Å². The van der Waals surface area contributed by atoms with E-state index in [0.29, 0.717) is 11.6 Å². The third-order valence-corrected chi connectivity index (χ3v) is 4.64. The Balaban J connectivity index is 2.11. The van der Waals surface area contributed by atoms with Crippen LogP contribution in [0.15, 0.2) is 54.6 Å². The van der Waals surface area contributed by atoms with Crippen molar-refractivity contribution in [3.8, 4) is 0 Å². The predicted molar refractivity (Wildman–Crippen MR) is 89.0 cm³/mol. The fourth-order valence-corrected chi connectivity index (χ4v) is 3.23. The molecule has 3 nitrogen and oxygen atoms in total. The van der Waals surface area contributed by atoms with Crippen LogP contribution in [0.3, 0.4) is 0 Å². The minimum absolute atomic E-state index is 0.0450. The van der Waals surface area contributed by atoms with Crippen LogP contribution in [-0.2, 0) is 10.2 Å². The molecule has 1 saturated heterocycles. The number of rotatable bonds is 2. The summed E-state index contributed by atoms with van der Waals surface area (Å²) in [5.74, 6) is 0.0450. The van der Waals surface area contributed by atoms with Gasteiger partial charge < -0.3 is 10.6 Å². The second-order valence-electron chi connectivity index (χ2n) is 5.76. The van der Waals surface area contributed by atoms with Crippen molar-refractivity contribution >= 4 is 17.5 Å². The highest BCUT2D eigenvalue weighted by Gasteiger charge is 2.44. The molecule has 1 heterocycles. The Hall–Kier alpha value is -1.84. The van der Waals surface area contributed by atoms with Gasteiger partial charge in [0, 0.05) is 18.1 Å². The molecule has 1 aliphatic rings. The van der Waals surface area contributed by atoms with Gasteiger partial charge in [-0.05, 0) is 30.2 Å². The number of halogens is 1. The summed E-state index contributed by atoms with van der Waals surface area (Å²) in [6.45, 7) is 3.36. The van der Waals surface area contributed by atoms with Crippen LogP contribution >= 0.6 is 11.6 Å². The molecule has 2 aromatic carbocycles. The molecular formula is C18H19ClN2O. The summed E-state index contributed by atoms with van der Waals surface area (Å²) in [7, 11) is 0. The first-order valence-electron chi connectivity index (χ1n) is 7.45. The van der Waals surface area contributed by atoms with Crippen LogP contribution in [0.25, 0.3) is 0 Å². The molecule has 0 saturated carbocycles. The molecule has 0 aromatic heterocycles. The summed E-state index contributed by atoms with van der Waals surface area (Å²) in [5, 5.41) is 7.23. The Morgan fingerprint density at radius 2 is 1.73 bits per heavy atom. The second-order valence-corrected chi connectivity index (χ2v) is 6.20. The van der Waals surface area contributed by atoms with Gasteiger partial charge in [-0.1, -0.05) is 54.1 Å². The number of amides is 1. The minimum Gasteiger partial charge on any atom is -0.354 e. The smallest absolute Gasteiger partial charge is 0.232 e. The molecule has 3 rings (SSSR count). The second kappa shape index (κ2) is 6.11. The number of nitrogens with one attached hydrogen (secondary N) is 2. The van der Waals surface area contributed by atoms with Gasteiger partial charge in [-0.2, -0.15) is 0 Å². The Morgan fingerprint density at radius 3 is 2.41 bits per heavy atom. The summed E-state index contributed by atoms with van der Waals surface area (Å²) < 4.78 is 0. The summed E-state index contributed by atoms with van der Waals surface area (Å²) in [5.41, 5.74) is 1.39. The maximum atomic E-state index is 12.8. The lowest BCUT2D eigenvalue weighted by atomic mass is 9.72. The Labute approximate surface area is 135 Å². The van der Waals surface area contributed by atoms with Crippen molar-refractivity contribution in [2.75, 3.05) is 13.1 Å². The van der Waals surface area contributed by atoms with E-state index >= 15 is 0 Å². The van der Waals surface area contributed by atoms with Crippen LogP contribution in [0.4, 0.5) is 0 Å². The normalized spacial score (nSPS) is 25.4. The summed E-state index contributed by atoms with van der Waals surface area (Å²) in [4.78, 5) is 12.8. The third-order valence-electron chi connectivity index (χ3n) is 4.38. The molecule has 114 valence electrons. The van der Waals surface area contributed by atoms with Crippen LogP contribution in [-0.4, -0.2) is 19.0 Å². The topological polar surface area (TPSA) is 41.1 Å². The van der Waals surface area contributed by atoms with E-state index in [2.05, 4.69) is 10.6 Å². The van der Waals surface area contributed by atoms with Crippen molar-refractivity contribution in [1.29, 1.82) is 0 Å². The predicted octanol–water partition coefficient (Wildman–Crippen LogP) is 3.06. The van der Waals surface area contributed by atoms with E-state index in [1.807, 2.05) is 61.5 Å². The van der Waals surface area contributed by atoms with E-state index in [1.54, 1.807) is 0 Å². The van der Waals surface area contributed by atoms with Crippen LogP contribution in [0.2, 0.25) is 5.02 Å². The first-order chi connectivity index (χ1) is 10.6. The fraction of sp³-hybridized carbons (Fsp3) is 0.278. The van der Waals surface area contributed by atoms with E-state index in [9.17, 15) is 4.79 Å². The maximum absolute atomic E-state index is 12.8. The number of benzene rings is 2. The standard InChI is InChI=1S/C18H19ClN2O/c1-18(14-5-3-2-4-6-14)16(20-11-12-21-17(18)22)13-7-9-15(19)10-8-13/h2-10,16,20H,11-12H2,1H3,(H,21,22)/t16-,18+/m1/s1. The zero-order valence-corrected chi connectivity index (χ0v) is 13.2. The number of hydrogen-bond acceptors (Lipinski definition) is 2. The zero-order chi connectivity index (χ0) is 15.6. The minimum atomic E-state index is -0.675. The van der Waals surface area contributed by atoms with Gasteiger partial charge in [0.05, 0.1) is 11.5 Å². The Kier molecular flexibility index (Phi) is 4.19. The average molecular weight is 315 g/mol. The lowest BCUT2D eigenvalue weighted by molar-refractivity contribution is -0.126. The van der Waals surface area contributed by atoms with Crippen molar-refractivity contribution in [3.05, 3.63) is 70.7 Å². The third kappa shape index (κ3) is 2.62. The molecule has 0 aliphatic carbocycles. The first kappa shape index (κ1) is 15.1. The summed E-state index contributed by atoms with van der Waals surface area (Å²) in [6, 6.07) is 17.5. The van der Waals surface area contributed by atoms with Crippen LogP contribution < -0.4 is 10.6 Å². The van der Waals surface area contributed by atoms with Gasteiger partial charge in [-0.3, -0.25) is 4.79 Å². The molecule has 0 spiro atoms. The summed E-state index contributed by atoms with van der Waals surface area (Å²) in [6.07, 6.45) is 0. The molecule has 1 fully saturated rings. The van der Waals surface area contributed by atoms with Crippen LogP contribution in [0.1, 0.15) is 24.1 Å². The number of hydrogen-bond donors (Lipinski definition) is 2. The van der Waals surface area contributed by atoms with Gasteiger partial charge in [0.15, 0.2) is 0 Å². The van der Waals surface area contributed by atoms with Crippen molar-refractivity contribution in [3.63, 3.8) is 0 Å². The van der Waals surface area contributed by atoms with E-state index in [4.69, 9.17) is 11.6 Å². The van der Waals surface area contributed by atoms with Gasteiger partial charge in [0.25, 0.3) is 0 Å². The average Bonchev–Trinajstić information content (AvgIpc) is 2.70. The molecule has 0 unspecified atom stereocenters. The van der Waals surface area contributed by atoms with Gasteiger partial charge in [-0.15, -0.1) is 0 Å². The van der Waals surface area contributed by atoms with Crippen molar-refractivity contribution in [2.45, 2.75) is 18.4 Å². The highest BCUT2D eigenvalue weighted by atomic mass is 35.5. The van der Waals surface area contributed by atoms with Crippen molar-refractivity contribution in [2.24, 2.45) is 0 Å². The monoisotopic (exact) mass is 314 g/mol. The van der Waals surface area contributed by atoms with Crippen LogP contribution in [0, 0.1) is 0 Å². The van der Waals surface area contributed by atoms with Crippen molar-refractivity contribution in [1.82, 2.24) is 10.6 Å². The molecule has 0 radical (unpaired) electrons. The highest BCUT2D eigenvalue weighted by molar-refractivity contribution is 6.30. The van der Waals surface area contributed by atoms with Crippen LogP contribution in [0.5, 0.6) is 0 Å². The van der Waals surface area contributed by atoms with Gasteiger partial charge in [0.2, 0.25) is 5.91 Å². The van der Waals surface area contributed by atoms with Gasteiger partial charge >= 0.3 is 0 Å². The largest absolute Gasteiger partial charge is 0.354 e. The van der Waals surface area contributed by atoms with Gasteiger partial charge in [0.1, 0.15) is 0 Å². The van der Waals surface area contributed by atoms with E-state index < -0.39 is 5.41 Å². The molecule has 0 bridgehead atoms. The lowest BCUT2D eigenvalue weighted by Gasteiger charge is -2.35. The molecule has 1 amide bonds. The number of carbonyl (C=O) groups excluding carboxylic acids is 1. The molecule has 2 N–H and O–H groups in total. The van der Waals surface area contributed by atoms with Crippen molar-refractivity contribution < 1.29 is 4.79 Å². The summed E-state index contributed by atoms with van der Waals surface area (Å²) >= 11 is 6.00. The lowest BCUT2D eigenvalue weighted by Crippen LogP contribution is -2.47. The van der Waals surface area contributed by atoms with E-state index in [-0.39, 0.29) is 11.9 Å². The molecule has 2 atom stereocenters. The Bertz CT molecular complexity index is 657. The quantitative estimate of drug-likeness (QED) is 0.894. The molecule has 4 heteroatoms. The molecule has 1 aliphatic heterocycles. The molecule has 2 aromatic rings. The Morgan fingerprint density at radius 1 is 1.05 bits per heavy atom. The van der Waals surface area contributed by atoms with E-state index in [1.165, 1.54) is 0 Å². The number of carbonyl (C=O) groups is 1. The SMILES string of the molecule is C[C@@]1(c2ccccc2)C(=O)NCCN[C@@H]1c1ccc(Cl)cc1.